The van der Waals surface area contributed by atoms with Crippen LogP contribution < -0.4 is 5.32 Å². The van der Waals surface area contributed by atoms with Crippen LogP contribution in [0.1, 0.15) is 44.7 Å². The Balaban J connectivity index is 2.48. The zero-order chi connectivity index (χ0) is 12.0. The van der Waals surface area contributed by atoms with E-state index in [1.54, 1.807) is 0 Å². The zero-order valence-electron chi connectivity index (χ0n) is 10.5. The Bertz CT molecular complexity index is 298. The molecule has 0 aliphatic heterocycles. The molecule has 0 aromatic carbocycles. The number of hydrogen-bond acceptors (Lipinski definition) is 3. The largest absolute Gasteiger partial charge is 0.396 e. The summed E-state index contributed by atoms with van der Waals surface area (Å²) in [6.07, 6.45) is 6.89. The average molecular weight is 225 g/mol. The SMILES string of the molecule is CCC(NC(C)CCCO)c1cnn(C)c1. The molecular formula is C12H23N3O. The van der Waals surface area contributed by atoms with Crippen LogP contribution in [0, 0.1) is 0 Å². The monoisotopic (exact) mass is 225 g/mol. The highest BCUT2D eigenvalue weighted by Crippen LogP contribution is 2.16. The summed E-state index contributed by atoms with van der Waals surface area (Å²) in [4.78, 5) is 0. The number of aliphatic hydroxyl groups excluding tert-OH is 1. The molecule has 0 radical (unpaired) electrons. The van der Waals surface area contributed by atoms with Crippen molar-refractivity contribution >= 4 is 0 Å². The van der Waals surface area contributed by atoms with E-state index >= 15 is 0 Å². The highest BCUT2D eigenvalue weighted by atomic mass is 16.2. The first-order valence-electron chi connectivity index (χ1n) is 6.02. The summed E-state index contributed by atoms with van der Waals surface area (Å²) in [5.41, 5.74) is 1.24. The molecule has 0 fully saturated rings. The van der Waals surface area contributed by atoms with Gasteiger partial charge in [0.25, 0.3) is 0 Å². The van der Waals surface area contributed by atoms with Crippen LogP contribution in [0.2, 0.25) is 0 Å². The molecule has 1 heterocycles. The van der Waals surface area contributed by atoms with Crippen molar-refractivity contribution < 1.29 is 5.11 Å². The fraction of sp³-hybridized carbons (Fsp3) is 0.750. The first-order valence-corrected chi connectivity index (χ1v) is 6.02. The maximum absolute atomic E-state index is 8.79. The van der Waals surface area contributed by atoms with Crippen molar-refractivity contribution in [2.75, 3.05) is 6.61 Å². The first kappa shape index (κ1) is 13.2. The molecule has 0 saturated carbocycles. The van der Waals surface area contributed by atoms with E-state index in [1.807, 2.05) is 17.9 Å². The summed E-state index contributed by atoms with van der Waals surface area (Å²) in [6.45, 7) is 4.60. The van der Waals surface area contributed by atoms with E-state index in [0.29, 0.717) is 12.1 Å². The molecule has 92 valence electrons. The van der Waals surface area contributed by atoms with Gasteiger partial charge in [-0.15, -0.1) is 0 Å². The fourth-order valence-corrected chi connectivity index (χ4v) is 1.89. The third kappa shape index (κ3) is 3.94. The van der Waals surface area contributed by atoms with Crippen molar-refractivity contribution in [2.45, 2.75) is 45.2 Å². The fourth-order valence-electron chi connectivity index (χ4n) is 1.89. The third-order valence-electron chi connectivity index (χ3n) is 2.82. The number of aromatic nitrogens is 2. The molecule has 0 aliphatic rings. The standard InChI is InChI=1S/C12H23N3O/c1-4-12(11-8-13-15(3)9-11)14-10(2)6-5-7-16/h8-10,12,14,16H,4-7H2,1-3H3. The van der Waals surface area contributed by atoms with E-state index in [9.17, 15) is 0 Å². The molecule has 0 saturated heterocycles. The van der Waals surface area contributed by atoms with Crippen LogP contribution >= 0.6 is 0 Å². The second-order valence-electron chi connectivity index (χ2n) is 4.34. The lowest BCUT2D eigenvalue weighted by atomic mass is 10.1. The van der Waals surface area contributed by atoms with Crippen molar-refractivity contribution in [3.05, 3.63) is 18.0 Å². The molecule has 2 atom stereocenters. The van der Waals surface area contributed by atoms with Crippen molar-refractivity contribution in [2.24, 2.45) is 7.05 Å². The predicted molar refractivity (Wildman–Crippen MR) is 65.2 cm³/mol. The zero-order valence-corrected chi connectivity index (χ0v) is 10.5. The Morgan fingerprint density at radius 1 is 1.56 bits per heavy atom. The summed E-state index contributed by atoms with van der Waals surface area (Å²) in [6, 6.07) is 0.791. The van der Waals surface area contributed by atoms with Gasteiger partial charge in [-0.2, -0.15) is 5.10 Å². The van der Waals surface area contributed by atoms with E-state index < -0.39 is 0 Å². The minimum absolute atomic E-state index is 0.274. The van der Waals surface area contributed by atoms with Crippen molar-refractivity contribution in [3.8, 4) is 0 Å². The van der Waals surface area contributed by atoms with Gasteiger partial charge in [-0.05, 0) is 26.2 Å². The topological polar surface area (TPSA) is 50.1 Å². The normalized spacial score (nSPS) is 15.0. The van der Waals surface area contributed by atoms with E-state index in [0.717, 1.165) is 19.3 Å². The lowest BCUT2D eigenvalue weighted by Crippen LogP contribution is -2.30. The van der Waals surface area contributed by atoms with Gasteiger partial charge in [0.15, 0.2) is 0 Å². The van der Waals surface area contributed by atoms with Crippen molar-refractivity contribution in [1.82, 2.24) is 15.1 Å². The van der Waals surface area contributed by atoms with E-state index in [-0.39, 0.29) is 6.61 Å². The third-order valence-corrected chi connectivity index (χ3v) is 2.82. The summed E-state index contributed by atoms with van der Waals surface area (Å²) in [5.74, 6) is 0. The van der Waals surface area contributed by atoms with Gasteiger partial charge >= 0.3 is 0 Å². The maximum Gasteiger partial charge on any atom is 0.0537 e. The van der Waals surface area contributed by atoms with E-state index in [1.165, 1.54) is 5.56 Å². The van der Waals surface area contributed by atoms with Crippen molar-refractivity contribution in [1.29, 1.82) is 0 Å². The van der Waals surface area contributed by atoms with Gasteiger partial charge in [0.1, 0.15) is 0 Å². The minimum atomic E-state index is 0.274. The second-order valence-corrected chi connectivity index (χ2v) is 4.34. The lowest BCUT2D eigenvalue weighted by Gasteiger charge is -2.21. The van der Waals surface area contributed by atoms with Gasteiger partial charge in [-0.3, -0.25) is 4.68 Å². The average Bonchev–Trinajstić information content (AvgIpc) is 2.69. The molecule has 16 heavy (non-hydrogen) atoms. The Morgan fingerprint density at radius 2 is 2.31 bits per heavy atom. The molecule has 1 rings (SSSR count). The molecule has 1 aromatic rings. The number of rotatable bonds is 7. The second kappa shape index (κ2) is 6.66. The van der Waals surface area contributed by atoms with E-state index in [2.05, 4.69) is 30.5 Å². The Hall–Kier alpha value is -0.870. The molecule has 0 spiro atoms. The number of hydrogen-bond donors (Lipinski definition) is 2. The highest BCUT2D eigenvalue weighted by Gasteiger charge is 2.13. The quantitative estimate of drug-likeness (QED) is 0.741. The van der Waals surface area contributed by atoms with Crippen LogP contribution in [0.25, 0.3) is 0 Å². The molecule has 4 heteroatoms. The minimum Gasteiger partial charge on any atom is -0.396 e. The molecular weight excluding hydrogens is 202 g/mol. The first-order chi connectivity index (χ1) is 7.67. The maximum atomic E-state index is 8.79. The molecule has 0 bridgehead atoms. The van der Waals surface area contributed by atoms with Crippen LogP contribution in [0.3, 0.4) is 0 Å². The molecule has 0 aliphatic carbocycles. The van der Waals surface area contributed by atoms with Gasteiger partial charge in [0.05, 0.1) is 6.20 Å². The van der Waals surface area contributed by atoms with Gasteiger partial charge in [-0.1, -0.05) is 6.92 Å². The Kier molecular flexibility index (Phi) is 5.49. The van der Waals surface area contributed by atoms with Gasteiger partial charge < -0.3 is 10.4 Å². The predicted octanol–water partition coefficient (Wildman–Crippen LogP) is 1.62. The number of aryl methyl sites for hydroxylation is 1. The van der Waals surface area contributed by atoms with Crippen molar-refractivity contribution in [3.63, 3.8) is 0 Å². The van der Waals surface area contributed by atoms with Crippen LogP contribution in [0.4, 0.5) is 0 Å². The summed E-state index contributed by atoms with van der Waals surface area (Å²) in [7, 11) is 1.94. The number of aliphatic hydroxyl groups is 1. The molecule has 2 unspecified atom stereocenters. The van der Waals surface area contributed by atoms with Crippen LogP contribution in [0.15, 0.2) is 12.4 Å². The smallest absolute Gasteiger partial charge is 0.0537 e. The molecule has 4 nitrogen and oxygen atoms in total. The molecule has 2 N–H and O–H groups in total. The Morgan fingerprint density at radius 3 is 2.81 bits per heavy atom. The number of nitrogens with one attached hydrogen (secondary N) is 1. The van der Waals surface area contributed by atoms with Gasteiger partial charge in [0.2, 0.25) is 0 Å². The van der Waals surface area contributed by atoms with E-state index in [4.69, 9.17) is 5.11 Å². The van der Waals surface area contributed by atoms with Crippen LogP contribution in [0.5, 0.6) is 0 Å². The van der Waals surface area contributed by atoms with Gasteiger partial charge in [0, 0.05) is 37.5 Å². The lowest BCUT2D eigenvalue weighted by molar-refractivity contribution is 0.273. The summed E-state index contributed by atoms with van der Waals surface area (Å²) < 4.78 is 1.83. The summed E-state index contributed by atoms with van der Waals surface area (Å²) in [5, 5.41) is 16.5. The van der Waals surface area contributed by atoms with Gasteiger partial charge in [-0.25, -0.2) is 0 Å². The molecule has 0 amide bonds. The summed E-state index contributed by atoms with van der Waals surface area (Å²) >= 11 is 0. The highest BCUT2D eigenvalue weighted by molar-refractivity contribution is 5.10. The molecule has 1 aromatic heterocycles. The van der Waals surface area contributed by atoms with Crippen LogP contribution in [-0.2, 0) is 7.05 Å². The Labute approximate surface area is 97.7 Å². The number of nitrogens with zero attached hydrogens (tertiary/aromatic N) is 2. The van der Waals surface area contributed by atoms with Crippen LogP contribution in [-0.4, -0.2) is 27.5 Å².